The van der Waals surface area contributed by atoms with Gasteiger partial charge in [-0.15, -0.1) is 11.3 Å². The average Bonchev–Trinajstić information content (AvgIpc) is 3.11. The molecule has 1 fully saturated rings. The second kappa shape index (κ2) is 5.12. The lowest BCUT2D eigenvalue weighted by Crippen LogP contribution is -2.00. The van der Waals surface area contributed by atoms with E-state index in [-0.39, 0.29) is 0 Å². The molecule has 1 saturated carbocycles. The van der Waals surface area contributed by atoms with Crippen LogP contribution in [-0.4, -0.2) is 0 Å². The molecule has 0 nitrogen and oxygen atoms in total. The number of benzene rings is 1. The Kier molecular flexibility index (Phi) is 3.53. The van der Waals surface area contributed by atoms with E-state index in [0.717, 1.165) is 26.6 Å². The van der Waals surface area contributed by atoms with E-state index in [9.17, 15) is 0 Å². The summed E-state index contributed by atoms with van der Waals surface area (Å²) in [6.45, 7) is 0. The summed E-state index contributed by atoms with van der Waals surface area (Å²) in [7, 11) is 0. The van der Waals surface area contributed by atoms with Crippen LogP contribution in [0, 0.1) is 11.8 Å². The van der Waals surface area contributed by atoms with Crippen LogP contribution in [0.1, 0.15) is 33.2 Å². The Labute approximate surface area is 144 Å². The summed E-state index contributed by atoms with van der Waals surface area (Å²) >= 11 is 15.3. The Balaban J connectivity index is 1.63. The third-order valence-electron chi connectivity index (χ3n) is 4.66. The summed E-state index contributed by atoms with van der Waals surface area (Å²) in [4.78, 5) is 1.77. The molecule has 0 aliphatic heterocycles. The third-order valence-corrected chi connectivity index (χ3v) is 8.63. The largest absolute Gasteiger partial charge is 0.126 e. The molecule has 0 radical (unpaired) electrons. The first-order valence-electron chi connectivity index (χ1n) is 6.83. The van der Waals surface area contributed by atoms with E-state index in [1.165, 1.54) is 17.7 Å². The molecule has 4 unspecified atom stereocenters. The highest BCUT2D eigenvalue weighted by Crippen LogP contribution is 2.66. The van der Waals surface area contributed by atoms with Crippen molar-refractivity contribution in [2.75, 3.05) is 0 Å². The molecule has 4 heteroatoms. The van der Waals surface area contributed by atoms with Gasteiger partial charge in [0.15, 0.2) is 0 Å². The zero-order chi connectivity index (χ0) is 13.9. The Morgan fingerprint density at radius 2 is 2.10 bits per heavy atom. The van der Waals surface area contributed by atoms with Crippen LogP contribution in [0.25, 0.3) is 0 Å². The zero-order valence-corrected chi connectivity index (χ0v) is 15.4. The molecule has 2 aliphatic rings. The minimum atomic E-state index is 0.428. The summed E-state index contributed by atoms with van der Waals surface area (Å²) in [5.74, 6) is 2.30. The molecular formula is C16H13Br2ClS. The highest BCUT2D eigenvalue weighted by atomic mass is 79.9. The minimum absolute atomic E-state index is 0.428. The Morgan fingerprint density at radius 1 is 1.30 bits per heavy atom. The fourth-order valence-electron chi connectivity index (χ4n) is 3.71. The molecule has 0 bridgehead atoms. The summed E-state index contributed by atoms with van der Waals surface area (Å²) in [6.07, 6.45) is 2.57. The van der Waals surface area contributed by atoms with Gasteiger partial charge in [-0.3, -0.25) is 0 Å². The molecule has 2 aliphatic carbocycles. The molecule has 1 heterocycles. The van der Waals surface area contributed by atoms with Gasteiger partial charge >= 0.3 is 0 Å². The monoisotopic (exact) mass is 430 g/mol. The second-order valence-electron chi connectivity index (χ2n) is 5.68. The number of hydrogen-bond acceptors (Lipinski definition) is 1. The van der Waals surface area contributed by atoms with Crippen LogP contribution < -0.4 is 0 Å². The predicted octanol–water partition coefficient (Wildman–Crippen LogP) is 6.58. The van der Waals surface area contributed by atoms with Crippen LogP contribution in [0.15, 0.2) is 34.8 Å². The van der Waals surface area contributed by atoms with Gasteiger partial charge in [0.05, 0.1) is 4.83 Å². The Hall–Kier alpha value is 0.170. The summed E-state index contributed by atoms with van der Waals surface area (Å²) in [5.41, 5.74) is 3.14. The van der Waals surface area contributed by atoms with Gasteiger partial charge in [-0.1, -0.05) is 51.8 Å². The Morgan fingerprint density at radius 3 is 2.85 bits per heavy atom. The van der Waals surface area contributed by atoms with Crippen molar-refractivity contribution < 1.29 is 0 Å². The van der Waals surface area contributed by atoms with Crippen LogP contribution >= 0.6 is 54.8 Å². The first-order chi connectivity index (χ1) is 9.66. The number of hydrogen-bond donors (Lipinski definition) is 0. The number of fused-ring (bicyclic) bond motifs is 3. The van der Waals surface area contributed by atoms with Gasteiger partial charge in [-0.2, -0.15) is 0 Å². The average molecular weight is 433 g/mol. The van der Waals surface area contributed by atoms with Crippen molar-refractivity contribution in [2.24, 2.45) is 11.8 Å². The maximum atomic E-state index is 6.18. The van der Waals surface area contributed by atoms with Crippen LogP contribution in [0.2, 0.25) is 4.34 Å². The number of rotatable bonds is 2. The fourth-order valence-corrected chi connectivity index (χ4v) is 6.61. The lowest BCUT2D eigenvalue weighted by Gasteiger charge is -2.13. The van der Waals surface area contributed by atoms with Crippen molar-refractivity contribution in [3.63, 3.8) is 0 Å². The molecular weight excluding hydrogens is 420 g/mol. The third kappa shape index (κ3) is 2.13. The summed E-state index contributed by atoms with van der Waals surface area (Å²) < 4.78 is 1.88. The molecule has 2 aromatic rings. The molecule has 0 saturated heterocycles. The number of thiophene rings is 1. The lowest BCUT2D eigenvalue weighted by atomic mass is 9.92. The van der Waals surface area contributed by atoms with Crippen LogP contribution in [0.4, 0.5) is 0 Å². The van der Waals surface area contributed by atoms with E-state index in [0.29, 0.717) is 4.83 Å². The quantitative estimate of drug-likeness (QED) is 0.471. The van der Waals surface area contributed by atoms with Crippen molar-refractivity contribution in [1.29, 1.82) is 0 Å². The molecule has 0 N–H and O–H groups in total. The fraction of sp³-hybridized carbons (Fsp3) is 0.375. The van der Waals surface area contributed by atoms with Crippen LogP contribution in [0.3, 0.4) is 0 Å². The number of halogens is 3. The van der Waals surface area contributed by atoms with E-state index in [4.69, 9.17) is 11.6 Å². The van der Waals surface area contributed by atoms with Gasteiger partial charge in [0.2, 0.25) is 0 Å². The smallest absolute Gasteiger partial charge is 0.107 e. The molecule has 104 valence electrons. The maximum Gasteiger partial charge on any atom is 0.107 e. The zero-order valence-electron chi connectivity index (χ0n) is 10.7. The van der Waals surface area contributed by atoms with Crippen molar-refractivity contribution in [2.45, 2.75) is 23.6 Å². The number of alkyl halides is 1. The van der Waals surface area contributed by atoms with Crippen LogP contribution in [0.5, 0.6) is 0 Å². The first kappa shape index (κ1) is 13.8. The van der Waals surface area contributed by atoms with Gasteiger partial charge in [-0.05, 0) is 63.7 Å². The number of aryl methyl sites for hydroxylation is 1. The topological polar surface area (TPSA) is 0 Å². The summed E-state index contributed by atoms with van der Waals surface area (Å²) in [5, 5.41) is 0. The van der Waals surface area contributed by atoms with Crippen molar-refractivity contribution in [3.8, 4) is 0 Å². The SMILES string of the molecule is Clc1sc(C(Br)C2C3CCc4ccccc4C32)cc1Br. The normalized spacial score (nSPS) is 28.6. The van der Waals surface area contributed by atoms with Gasteiger partial charge < -0.3 is 0 Å². The van der Waals surface area contributed by atoms with E-state index in [1.54, 1.807) is 22.5 Å². The van der Waals surface area contributed by atoms with Gasteiger partial charge in [-0.25, -0.2) is 0 Å². The molecule has 0 spiro atoms. The molecule has 0 amide bonds. The predicted molar refractivity (Wildman–Crippen MR) is 93.2 cm³/mol. The molecule has 1 aromatic heterocycles. The molecule has 20 heavy (non-hydrogen) atoms. The maximum absolute atomic E-state index is 6.18. The van der Waals surface area contributed by atoms with Gasteiger partial charge in [0, 0.05) is 9.35 Å². The van der Waals surface area contributed by atoms with E-state index >= 15 is 0 Å². The van der Waals surface area contributed by atoms with Gasteiger partial charge in [0.25, 0.3) is 0 Å². The minimum Gasteiger partial charge on any atom is -0.126 e. The Bertz CT molecular complexity index is 647. The van der Waals surface area contributed by atoms with Crippen LogP contribution in [-0.2, 0) is 6.42 Å². The highest BCUT2D eigenvalue weighted by Gasteiger charge is 2.56. The lowest BCUT2D eigenvalue weighted by molar-refractivity contribution is 0.629. The molecule has 4 rings (SSSR count). The van der Waals surface area contributed by atoms with E-state index < -0.39 is 0 Å². The van der Waals surface area contributed by atoms with Crippen molar-refractivity contribution in [1.82, 2.24) is 0 Å². The molecule has 1 aromatic carbocycles. The van der Waals surface area contributed by atoms with Crippen molar-refractivity contribution >= 4 is 54.8 Å². The van der Waals surface area contributed by atoms with E-state index in [1.807, 2.05) is 0 Å². The highest BCUT2D eigenvalue weighted by molar-refractivity contribution is 9.10. The van der Waals surface area contributed by atoms with E-state index in [2.05, 4.69) is 62.2 Å². The molecule has 4 atom stereocenters. The van der Waals surface area contributed by atoms with Gasteiger partial charge in [0.1, 0.15) is 4.34 Å². The second-order valence-corrected chi connectivity index (χ2v) is 9.20. The summed E-state index contributed by atoms with van der Waals surface area (Å²) in [6, 6.07) is 11.1. The van der Waals surface area contributed by atoms with Crippen molar-refractivity contribution in [3.05, 3.63) is 55.1 Å². The first-order valence-corrected chi connectivity index (χ1v) is 9.73. The standard InChI is InChI=1S/C16H13Br2ClS/c17-11-7-12(20-16(11)19)15(18)14-10-6-5-8-3-1-2-4-9(8)13(10)14/h1-4,7,10,13-15H,5-6H2.